The van der Waals surface area contributed by atoms with Gasteiger partial charge in [0.15, 0.2) is 0 Å². The van der Waals surface area contributed by atoms with Gasteiger partial charge in [0.1, 0.15) is 4.90 Å². The average Bonchev–Trinajstić information content (AvgIpc) is 2.77. The molecule has 0 radical (unpaired) electrons. The third kappa shape index (κ3) is 3.17. The molecule has 1 unspecified atom stereocenters. The molecule has 0 aliphatic carbocycles. The molecule has 1 heterocycles. The summed E-state index contributed by atoms with van der Waals surface area (Å²) in [6.45, 7) is 2.23. The Hall–Kier alpha value is -1.31. The van der Waals surface area contributed by atoms with Gasteiger partial charge in [0.2, 0.25) is 10.0 Å². The van der Waals surface area contributed by atoms with E-state index in [1.54, 1.807) is 19.2 Å². The van der Waals surface area contributed by atoms with Crippen LogP contribution in [0, 0.1) is 5.92 Å². The lowest BCUT2D eigenvalue weighted by molar-refractivity contribution is 0.161. The highest BCUT2D eigenvalue weighted by Gasteiger charge is 2.26. The van der Waals surface area contributed by atoms with Gasteiger partial charge < -0.3 is 15.4 Å². The van der Waals surface area contributed by atoms with Gasteiger partial charge in [-0.05, 0) is 24.6 Å². The monoisotopic (exact) mass is 285 g/mol. The molecule has 1 aliphatic rings. The van der Waals surface area contributed by atoms with Gasteiger partial charge in [-0.1, -0.05) is 0 Å². The van der Waals surface area contributed by atoms with Gasteiger partial charge in [-0.25, -0.2) is 13.6 Å². The third-order valence-electron chi connectivity index (χ3n) is 3.32. The molecule has 19 heavy (non-hydrogen) atoms. The normalized spacial score (nSPS) is 19.9. The second kappa shape index (κ2) is 5.36. The number of methoxy groups -OCH3 is 1. The first-order valence-corrected chi connectivity index (χ1v) is 7.62. The summed E-state index contributed by atoms with van der Waals surface area (Å²) in [6, 6.07) is 4.81. The fourth-order valence-electron chi connectivity index (χ4n) is 2.44. The van der Waals surface area contributed by atoms with E-state index in [4.69, 9.17) is 15.6 Å². The maximum Gasteiger partial charge on any atom is 0.240 e. The number of rotatable bonds is 4. The van der Waals surface area contributed by atoms with Gasteiger partial charge >= 0.3 is 0 Å². The van der Waals surface area contributed by atoms with Crippen LogP contribution in [-0.2, 0) is 14.8 Å². The summed E-state index contributed by atoms with van der Waals surface area (Å²) in [4.78, 5) is 2.11. The molecule has 0 saturated carbocycles. The van der Waals surface area contributed by atoms with Gasteiger partial charge in [0.25, 0.3) is 0 Å². The van der Waals surface area contributed by atoms with Crippen molar-refractivity contribution in [2.75, 3.05) is 37.4 Å². The Morgan fingerprint density at radius 1 is 1.47 bits per heavy atom. The van der Waals surface area contributed by atoms with Crippen LogP contribution in [0.2, 0.25) is 0 Å². The van der Waals surface area contributed by atoms with Crippen molar-refractivity contribution in [3.8, 4) is 0 Å². The van der Waals surface area contributed by atoms with Gasteiger partial charge in [-0.2, -0.15) is 0 Å². The number of hydrogen-bond acceptors (Lipinski definition) is 5. The number of hydrogen-bond donors (Lipinski definition) is 2. The van der Waals surface area contributed by atoms with Crippen LogP contribution in [0.4, 0.5) is 11.4 Å². The molecule has 7 heteroatoms. The van der Waals surface area contributed by atoms with Crippen LogP contribution in [0.15, 0.2) is 23.1 Å². The summed E-state index contributed by atoms with van der Waals surface area (Å²) in [7, 11) is -2.11. The molecule has 0 spiro atoms. The van der Waals surface area contributed by atoms with E-state index in [-0.39, 0.29) is 4.90 Å². The van der Waals surface area contributed by atoms with E-state index in [2.05, 4.69) is 0 Å². The Balaban J connectivity index is 2.31. The summed E-state index contributed by atoms with van der Waals surface area (Å²) in [6.07, 6.45) is 0.974. The molecule has 0 aromatic heterocycles. The molecule has 0 amide bonds. The number of primary sulfonamides is 1. The zero-order valence-electron chi connectivity index (χ0n) is 10.9. The SMILES string of the molecule is COCC1CCN(c2ccc(N)cc2S(N)(=O)=O)C1. The van der Waals surface area contributed by atoms with Crippen LogP contribution in [0.25, 0.3) is 0 Å². The molecule has 1 aliphatic heterocycles. The number of nitrogens with two attached hydrogens (primary N) is 2. The first kappa shape index (κ1) is 14.1. The smallest absolute Gasteiger partial charge is 0.240 e. The maximum atomic E-state index is 11.6. The van der Waals surface area contributed by atoms with Crippen molar-refractivity contribution in [2.45, 2.75) is 11.3 Å². The van der Waals surface area contributed by atoms with Crippen molar-refractivity contribution < 1.29 is 13.2 Å². The number of nitrogen functional groups attached to an aromatic ring is 1. The molecule has 1 saturated heterocycles. The Labute approximate surface area is 113 Å². The lowest BCUT2D eigenvalue weighted by Gasteiger charge is -2.21. The Morgan fingerprint density at radius 2 is 2.21 bits per heavy atom. The summed E-state index contributed by atoms with van der Waals surface area (Å²) in [5.74, 6) is 0.413. The van der Waals surface area contributed by atoms with E-state index in [1.807, 2.05) is 4.90 Å². The fraction of sp³-hybridized carbons (Fsp3) is 0.500. The molecule has 1 atom stereocenters. The second-order valence-electron chi connectivity index (χ2n) is 4.83. The molecule has 1 fully saturated rings. The summed E-state index contributed by atoms with van der Waals surface area (Å²) < 4.78 is 28.4. The minimum Gasteiger partial charge on any atom is -0.399 e. The predicted octanol–water partition coefficient (Wildman–Crippen LogP) is 0.389. The van der Waals surface area contributed by atoms with Crippen molar-refractivity contribution in [2.24, 2.45) is 11.1 Å². The van der Waals surface area contributed by atoms with Crippen LogP contribution in [0.5, 0.6) is 0 Å². The maximum absolute atomic E-state index is 11.6. The highest BCUT2D eigenvalue weighted by molar-refractivity contribution is 7.89. The third-order valence-corrected chi connectivity index (χ3v) is 4.26. The molecular formula is C12H19N3O3S. The Kier molecular flexibility index (Phi) is 3.98. The Morgan fingerprint density at radius 3 is 2.84 bits per heavy atom. The summed E-state index contributed by atoms with van der Waals surface area (Å²) in [5, 5.41) is 5.25. The molecule has 1 aromatic rings. The molecule has 2 rings (SSSR count). The molecule has 4 N–H and O–H groups in total. The van der Waals surface area contributed by atoms with Crippen LogP contribution in [-0.4, -0.2) is 35.2 Å². The highest BCUT2D eigenvalue weighted by atomic mass is 32.2. The Bertz CT molecular complexity index is 559. The summed E-state index contributed by atoms with van der Waals surface area (Å²) >= 11 is 0. The number of benzene rings is 1. The van der Waals surface area contributed by atoms with Crippen molar-refractivity contribution in [1.29, 1.82) is 0 Å². The molecule has 106 valence electrons. The minimum atomic E-state index is -3.78. The largest absolute Gasteiger partial charge is 0.399 e. The van der Waals surface area contributed by atoms with Crippen molar-refractivity contribution in [1.82, 2.24) is 0 Å². The first-order chi connectivity index (χ1) is 8.91. The van der Waals surface area contributed by atoms with Gasteiger partial charge in [0.05, 0.1) is 12.3 Å². The number of anilines is 2. The zero-order valence-corrected chi connectivity index (χ0v) is 11.7. The number of ether oxygens (including phenoxy) is 1. The lowest BCUT2D eigenvalue weighted by Crippen LogP contribution is -2.25. The van der Waals surface area contributed by atoms with Crippen molar-refractivity contribution >= 4 is 21.4 Å². The number of sulfonamides is 1. The van der Waals surface area contributed by atoms with Crippen molar-refractivity contribution in [3.05, 3.63) is 18.2 Å². The molecule has 1 aromatic carbocycles. The number of nitrogens with zero attached hydrogens (tertiary/aromatic N) is 1. The van der Waals surface area contributed by atoms with Crippen molar-refractivity contribution in [3.63, 3.8) is 0 Å². The van der Waals surface area contributed by atoms with Gasteiger partial charge in [-0.15, -0.1) is 0 Å². The van der Waals surface area contributed by atoms with E-state index in [0.717, 1.165) is 19.5 Å². The van der Waals surface area contributed by atoms with E-state index >= 15 is 0 Å². The minimum absolute atomic E-state index is 0.0885. The van der Waals surface area contributed by atoms with E-state index in [0.29, 0.717) is 23.9 Å². The molecule has 6 nitrogen and oxygen atoms in total. The van der Waals surface area contributed by atoms with Gasteiger partial charge in [0, 0.05) is 31.8 Å². The lowest BCUT2D eigenvalue weighted by atomic mass is 10.1. The quantitative estimate of drug-likeness (QED) is 0.780. The molecule has 0 bridgehead atoms. The van der Waals surface area contributed by atoms with Crippen LogP contribution in [0.3, 0.4) is 0 Å². The predicted molar refractivity (Wildman–Crippen MR) is 74.4 cm³/mol. The standard InChI is InChI=1S/C12H19N3O3S/c1-18-8-9-4-5-15(7-9)11-3-2-10(13)6-12(11)19(14,16)17/h2-3,6,9H,4-5,7-8,13H2,1H3,(H2,14,16,17). The second-order valence-corrected chi connectivity index (χ2v) is 6.36. The highest BCUT2D eigenvalue weighted by Crippen LogP contribution is 2.30. The molecular weight excluding hydrogens is 266 g/mol. The van der Waals surface area contributed by atoms with E-state index < -0.39 is 10.0 Å². The van der Waals surface area contributed by atoms with Gasteiger partial charge in [-0.3, -0.25) is 0 Å². The topological polar surface area (TPSA) is 98.7 Å². The first-order valence-electron chi connectivity index (χ1n) is 6.08. The fourth-order valence-corrected chi connectivity index (χ4v) is 3.23. The zero-order chi connectivity index (χ0) is 14.0. The average molecular weight is 285 g/mol. The van der Waals surface area contributed by atoms with Crippen LogP contribution >= 0.6 is 0 Å². The van der Waals surface area contributed by atoms with E-state index in [9.17, 15) is 8.42 Å². The summed E-state index contributed by atoms with van der Waals surface area (Å²) in [5.41, 5.74) is 6.65. The van der Waals surface area contributed by atoms with Crippen LogP contribution in [0.1, 0.15) is 6.42 Å². The van der Waals surface area contributed by atoms with E-state index in [1.165, 1.54) is 6.07 Å². The van der Waals surface area contributed by atoms with Crippen LogP contribution < -0.4 is 15.8 Å².